The Hall–Kier alpha value is -2.79. The molecule has 0 saturated heterocycles. The Bertz CT molecular complexity index is 567. The maximum Gasteiger partial charge on any atom is 0.328 e. The third-order valence-electron chi connectivity index (χ3n) is 2.52. The lowest BCUT2D eigenvalue weighted by Crippen LogP contribution is -2.45. The van der Waals surface area contributed by atoms with Gasteiger partial charge in [0.05, 0.1) is 31.0 Å². The maximum atomic E-state index is 11.8. The number of ether oxygens (including phenoxy) is 2. The minimum Gasteiger partial charge on any atom is -0.495 e. The standard InChI is InChI=1S/C13H15N3O5/c1-20-7-10(12(17)18)16-13(19)15-9-4-3-8(6-14)5-11(9)21-2/h3-5,10H,7H2,1-2H3,(H,17,18)(H2,15,16,19). The van der Waals surface area contributed by atoms with Crippen LogP contribution in [0.3, 0.4) is 0 Å². The number of nitrogens with zero attached hydrogens (tertiary/aromatic N) is 1. The van der Waals surface area contributed by atoms with Gasteiger partial charge in [-0.3, -0.25) is 0 Å². The summed E-state index contributed by atoms with van der Waals surface area (Å²) < 4.78 is 9.76. The average Bonchev–Trinajstić information content (AvgIpc) is 2.47. The van der Waals surface area contributed by atoms with Crippen LogP contribution in [0.1, 0.15) is 5.56 Å². The second-order valence-corrected chi connectivity index (χ2v) is 3.97. The quantitative estimate of drug-likeness (QED) is 0.713. The molecular weight excluding hydrogens is 278 g/mol. The summed E-state index contributed by atoms with van der Waals surface area (Å²) in [6.45, 7) is -0.159. The van der Waals surface area contributed by atoms with Gasteiger partial charge in [0.2, 0.25) is 0 Å². The predicted octanol–water partition coefficient (Wildman–Crippen LogP) is 0.788. The van der Waals surface area contributed by atoms with Crippen LogP contribution in [-0.4, -0.2) is 44.0 Å². The van der Waals surface area contributed by atoms with E-state index >= 15 is 0 Å². The summed E-state index contributed by atoms with van der Waals surface area (Å²) in [5, 5.41) is 22.4. The molecule has 0 radical (unpaired) electrons. The number of amides is 2. The first-order chi connectivity index (χ1) is 10.0. The lowest BCUT2D eigenvalue weighted by molar-refractivity contribution is -0.140. The molecule has 21 heavy (non-hydrogen) atoms. The van der Waals surface area contributed by atoms with E-state index in [2.05, 4.69) is 10.6 Å². The fraction of sp³-hybridized carbons (Fsp3) is 0.308. The number of carboxylic acid groups (broad SMARTS) is 1. The van der Waals surface area contributed by atoms with Crippen molar-refractivity contribution in [1.29, 1.82) is 5.26 Å². The Morgan fingerprint density at radius 3 is 2.67 bits per heavy atom. The molecule has 1 atom stereocenters. The molecule has 2 amide bonds. The summed E-state index contributed by atoms with van der Waals surface area (Å²) in [5.41, 5.74) is 0.691. The van der Waals surface area contributed by atoms with E-state index in [0.29, 0.717) is 17.0 Å². The molecule has 1 aromatic carbocycles. The number of anilines is 1. The Balaban J connectivity index is 2.79. The molecule has 0 spiro atoms. The Labute approximate surface area is 121 Å². The van der Waals surface area contributed by atoms with Crippen molar-refractivity contribution in [2.45, 2.75) is 6.04 Å². The van der Waals surface area contributed by atoms with Gasteiger partial charge in [-0.2, -0.15) is 5.26 Å². The molecule has 0 aromatic heterocycles. The summed E-state index contributed by atoms with van der Waals surface area (Å²) in [5.74, 6) is -0.915. The van der Waals surface area contributed by atoms with Crippen LogP contribution in [0.2, 0.25) is 0 Å². The second-order valence-electron chi connectivity index (χ2n) is 3.97. The van der Waals surface area contributed by atoms with Crippen molar-refractivity contribution < 1.29 is 24.2 Å². The number of nitriles is 1. The molecule has 0 heterocycles. The van der Waals surface area contributed by atoms with Gasteiger partial charge < -0.3 is 25.2 Å². The summed E-state index contributed by atoms with van der Waals surface area (Å²) in [6, 6.07) is 4.51. The van der Waals surface area contributed by atoms with Crippen molar-refractivity contribution in [2.24, 2.45) is 0 Å². The molecule has 1 unspecified atom stereocenters. The van der Waals surface area contributed by atoms with E-state index in [1.807, 2.05) is 6.07 Å². The number of hydrogen-bond acceptors (Lipinski definition) is 5. The van der Waals surface area contributed by atoms with Crippen LogP contribution < -0.4 is 15.4 Å². The number of carbonyl (C=O) groups is 2. The summed E-state index contributed by atoms with van der Waals surface area (Å²) in [7, 11) is 2.73. The number of nitrogens with one attached hydrogen (secondary N) is 2. The summed E-state index contributed by atoms with van der Waals surface area (Å²) in [6.07, 6.45) is 0. The van der Waals surface area contributed by atoms with Crippen molar-refractivity contribution >= 4 is 17.7 Å². The lowest BCUT2D eigenvalue weighted by atomic mass is 10.2. The molecule has 1 rings (SSSR count). The van der Waals surface area contributed by atoms with Crippen LogP contribution >= 0.6 is 0 Å². The average molecular weight is 293 g/mol. The molecule has 8 heteroatoms. The van der Waals surface area contributed by atoms with E-state index in [1.54, 1.807) is 0 Å². The number of urea groups is 1. The third-order valence-corrected chi connectivity index (χ3v) is 2.52. The third kappa shape index (κ3) is 4.67. The minimum atomic E-state index is -1.21. The van der Waals surface area contributed by atoms with Gasteiger partial charge in [-0.15, -0.1) is 0 Å². The molecular formula is C13H15N3O5. The predicted molar refractivity (Wildman–Crippen MR) is 73.2 cm³/mol. The highest BCUT2D eigenvalue weighted by Crippen LogP contribution is 2.25. The van der Waals surface area contributed by atoms with Crippen molar-refractivity contribution in [3.8, 4) is 11.8 Å². The number of aliphatic carboxylic acids is 1. The topological polar surface area (TPSA) is 121 Å². The molecule has 8 nitrogen and oxygen atoms in total. The lowest BCUT2D eigenvalue weighted by Gasteiger charge is -2.15. The second kappa shape index (κ2) is 7.72. The van der Waals surface area contributed by atoms with E-state index in [0.717, 1.165) is 0 Å². The Morgan fingerprint density at radius 2 is 2.14 bits per heavy atom. The zero-order valence-corrected chi connectivity index (χ0v) is 11.5. The van der Waals surface area contributed by atoms with Crippen LogP contribution in [-0.2, 0) is 9.53 Å². The van der Waals surface area contributed by atoms with E-state index in [9.17, 15) is 9.59 Å². The highest BCUT2D eigenvalue weighted by Gasteiger charge is 2.20. The number of benzene rings is 1. The number of carboxylic acids is 1. The molecule has 3 N–H and O–H groups in total. The van der Waals surface area contributed by atoms with Crippen LogP contribution in [0.4, 0.5) is 10.5 Å². The van der Waals surface area contributed by atoms with Crippen molar-refractivity contribution in [2.75, 3.05) is 26.1 Å². The Morgan fingerprint density at radius 1 is 1.43 bits per heavy atom. The summed E-state index contributed by atoms with van der Waals surface area (Å²) in [4.78, 5) is 22.7. The van der Waals surface area contributed by atoms with E-state index in [1.165, 1.54) is 32.4 Å². The van der Waals surface area contributed by atoms with Gasteiger partial charge in [-0.1, -0.05) is 0 Å². The van der Waals surface area contributed by atoms with Gasteiger partial charge in [0.25, 0.3) is 0 Å². The van der Waals surface area contributed by atoms with Gasteiger partial charge in [-0.05, 0) is 12.1 Å². The molecule has 0 bridgehead atoms. The molecule has 0 aliphatic heterocycles. The minimum absolute atomic E-state index is 0.159. The zero-order valence-electron chi connectivity index (χ0n) is 11.5. The molecule has 0 aliphatic carbocycles. The van der Waals surface area contributed by atoms with Crippen molar-refractivity contribution in [3.63, 3.8) is 0 Å². The van der Waals surface area contributed by atoms with Gasteiger partial charge in [-0.25, -0.2) is 9.59 Å². The first kappa shape index (κ1) is 16.3. The molecule has 112 valence electrons. The van der Waals surface area contributed by atoms with Crippen LogP contribution in [0, 0.1) is 11.3 Å². The largest absolute Gasteiger partial charge is 0.495 e. The van der Waals surface area contributed by atoms with Crippen LogP contribution in [0.25, 0.3) is 0 Å². The van der Waals surface area contributed by atoms with Crippen molar-refractivity contribution in [3.05, 3.63) is 23.8 Å². The van der Waals surface area contributed by atoms with E-state index in [-0.39, 0.29) is 6.61 Å². The van der Waals surface area contributed by atoms with E-state index < -0.39 is 18.0 Å². The van der Waals surface area contributed by atoms with Gasteiger partial charge in [0, 0.05) is 13.2 Å². The van der Waals surface area contributed by atoms with Gasteiger partial charge in [0.1, 0.15) is 5.75 Å². The zero-order chi connectivity index (χ0) is 15.8. The normalized spacial score (nSPS) is 11.1. The van der Waals surface area contributed by atoms with Crippen LogP contribution in [0.15, 0.2) is 18.2 Å². The monoisotopic (exact) mass is 293 g/mol. The number of rotatable bonds is 6. The first-order valence-corrected chi connectivity index (χ1v) is 5.89. The van der Waals surface area contributed by atoms with Gasteiger partial charge >= 0.3 is 12.0 Å². The molecule has 1 aromatic rings. The highest BCUT2D eigenvalue weighted by atomic mass is 16.5. The molecule has 0 aliphatic rings. The van der Waals surface area contributed by atoms with Crippen molar-refractivity contribution in [1.82, 2.24) is 5.32 Å². The van der Waals surface area contributed by atoms with E-state index in [4.69, 9.17) is 19.8 Å². The number of carbonyl (C=O) groups excluding carboxylic acids is 1. The number of methoxy groups -OCH3 is 2. The highest BCUT2D eigenvalue weighted by molar-refractivity contribution is 5.93. The van der Waals surface area contributed by atoms with Crippen LogP contribution in [0.5, 0.6) is 5.75 Å². The molecule has 0 saturated carbocycles. The molecule has 0 fully saturated rings. The number of hydrogen-bond donors (Lipinski definition) is 3. The SMILES string of the molecule is COCC(NC(=O)Nc1ccc(C#N)cc1OC)C(=O)O. The maximum absolute atomic E-state index is 11.8. The smallest absolute Gasteiger partial charge is 0.328 e. The Kier molecular flexibility index (Phi) is 5.98. The summed E-state index contributed by atoms with van der Waals surface area (Å²) >= 11 is 0. The first-order valence-electron chi connectivity index (χ1n) is 5.89. The fourth-order valence-electron chi connectivity index (χ4n) is 1.52. The fourth-order valence-corrected chi connectivity index (χ4v) is 1.52. The van der Waals surface area contributed by atoms with Gasteiger partial charge in [0.15, 0.2) is 6.04 Å².